The van der Waals surface area contributed by atoms with E-state index in [1.165, 1.54) is 18.5 Å². The van der Waals surface area contributed by atoms with Gasteiger partial charge in [0.1, 0.15) is 5.82 Å². The van der Waals surface area contributed by atoms with E-state index in [1.807, 2.05) is 13.3 Å². The number of fused-ring (bicyclic) bond motifs is 1. The van der Waals surface area contributed by atoms with Gasteiger partial charge in [-0.2, -0.15) is 0 Å². The lowest BCUT2D eigenvalue weighted by Gasteiger charge is -2.15. The molecule has 0 aliphatic carbocycles. The SMILES string of the molecule is Cc1ncn(Cc2nnc3n2CCCC3)c1C. The average molecular weight is 231 g/mol. The molecule has 1 aliphatic heterocycles. The number of aryl methyl sites for hydroxylation is 2. The molecule has 2 aromatic rings. The molecule has 17 heavy (non-hydrogen) atoms. The van der Waals surface area contributed by atoms with Gasteiger partial charge < -0.3 is 9.13 Å². The summed E-state index contributed by atoms with van der Waals surface area (Å²) in [5, 5.41) is 8.58. The van der Waals surface area contributed by atoms with Crippen molar-refractivity contribution >= 4 is 0 Å². The minimum Gasteiger partial charge on any atom is -0.327 e. The standard InChI is InChI=1S/C12H17N5/c1-9-10(2)16(8-13-9)7-12-15-14-11-5-3-4-6-17(11)12/h8H,3-7H2,1-2H3. The minimum atomic E-state index is 0.777. The Labute approximate surface area is 101 Å². The molecule has 90 valence electrons. The Bertz CT molecular complexity index is 537. The fourth-order valence-corrected chi connectivity index (χ4v) is 2.34. The van der Waals surface area contributed by atoms with Gasteiger partial charge in [-0.3, -0.25) is 0 Å². The molecule has 3 heterocycles. The lowest BCUT2D eigenvalue weighted by molar-refractivity contribution is 0.501. The van der Waals surface area contributed by atoms with Gasteiger partial charge in [0, 0.05) is 18.7 Å². The van der Waals surface area contributed by atoms with Crippen LogP contribution in [0.1, 0.15) is 35.9 Å². The predicted octanol–water partition coefficient (Wildman–Crippen LogP) is 1.48. The van der Waals surface area contributed by atoms with Crippen LogP contribution in [0.15, 0.2) is 6.33 Å². The molecule has 2 aromatic heterocycles. The summed E-state index contributed by atoms with van der Waals surface area (Å²) in [6.07, 6.45) is 5.42. The molecule has 0 saturated heterocycles. The van der Waals surface area contributed by atoms with E-state index in [1.54, 1.807) is 0 Å². The van der Waals surface area contributed by atoms with Gasteiger partial charge in [-0.15, -0.1) is 10.2 Å². The van der Waals surface area contributed by atoms with Crippen molar-refractivity contribution in [3.8, 4) is 0 Å². The van der Waals surface area contributed by atoms with E-state index in [9.17, 15) is 0 Å². The molecule has 0 aromatic carbocycles. The van der Waals surface area contributed by atoms with Crippen LogP contribution in [0.5, 0.6) is 0 Å². The zero-order valence-electron chi connectivity index (χ0n) is 10.3. The summed E-state index contributed by atoms with van der Waals surface area (Å²) < 4.78 is 4.40. The van der Waals surface area contributed by atoms with E-state index in [0.29, 0.717) is 0 Å². The Hall–Kier alpha value is -1.65. The monoisotopic (exact) mass is 231 g/mol. The summed E-state index contributed by atoms with van der Waals surface area (Å²) in [4.78, 5) is 4.31. The summed E-state index contributed by atoms with van der Waals surface area (Å²) >= 11 is 0. The summed E-state index contributed by atoms with van der Waals surface area (Å²) in [6, 6.07) is 0. The van der Waals surface area contributed by atoms with E-state index >= 15 is 0 Å². The third kappa shape index (κ3) is 1.75. The van der Waals surface area contributed by atoms with Crippen molar-refractivity contribution in [1.29, 1.82) is 0 Å². The highest BCUT2D eigenvalue weighted by molar-refractivity contribution is 5.10. The summed E-state index contributed by atoms with van der Waals surface area (Å²) in [5.74, 6) is 2.20. The zero-order chi connectivity index (χ0) is 11.8. The van der Waals surface area contributed by atoms with E-state index in [4.69, 9.17) is 0 Å². The molecule has 0 atom stereocenters. The van der Waals surface area contributed by atoms with Crippen LogP contribution in [0, 0.1) is 13.8 Å². The Balaban J connectivity index is 1.90. The van der Waals surface area contributed by atoms with Crippen molar-refractivity contribution in [3.05, 3.63) is 29.4 Å². The highest BCUT2D eigenvalue weighted by atomic mass is 15.3. The van der Waals surface area contributed by atoms with E-state index in [0.717, 1.165) is 36.9 Å². The largest absolute Gasteiger partial charge is 0.327 e. The van der Waals surface area contributed by atoms with Crippen LogP contribution in [-0.4, -0.2) is 24.3 Å². The van der Waals surface area contributed by atoms with Crippen LogP contribution < -0.4 is 0 Å². The second-order valence-corrected chi connectivity index (χ2v) is 4.68. The molecule has 0 saturated carbocycles. The third-order valence-electron chi connectivity index (χ3n) is 3.59. The fourth-order valence-electron chi connectivity index (χ4n) is 2.34. The van der Waals surface area contributed by atoms with Gasteiger partial charge in [0.05, 0.1) is 18.6 Å². The zero-order valence-corrected chi connectivity index (χ0v) is 10.3. The molecular weight excluding hydrogens is 214 g/mol. The molecule has 1 aliphatic rings. The number of imidazole rings is 1. The molecule has 0 amide bonds. The minimum absolute atomic E-state index is 0.777. The van der Waals surface area contributed by atoms with Crippen LogP contribution in [-0.2, 0) is 19.5 Å². The summed E-state index contributed by atoms with van der Waals surface area (Å²) in [5.41, 5.74) is 2.29. The van der Waals surface area contributed by atoms with Crippen molar-refractivity contribution in [2.75, 3.05) is 0 Å². The third-order valence-corrected chi connectivity index (χ3v) is 3.59. The lowest BCUT2D eigenvalue weighted by atomic mass is 10.2. The fraction of sp³-hybridized carbons (Fsp3) is 0.583. The summed E-state index contributed by atoms with van der Waals surface area (Å²) in [6.45, 7) is 5.96. The van der Waals surface area contributed by atoms with Crippen molar-refractivity contribution in [3.63, 3.8) is 0 Å². The van der Waals surface area contributed by atoms with E-state index in [-0.39, 0.29) is 0 Å². The first-order chi connectivity index (χ1) is 8.25. The Morgan fingerprint density at radius 3 is 2.88 bits per heavy atom. The van der Waals surface area contributed by atoms with Gasteiger partial charge >= 0.3 is 0 Å². The topological polar surface area (TPSA) is 48.5 Å². The van der Waals surface area contributed by atoms with Crippen molar-refractivity contribution in [2.24, 2.45) is 0 Å². The van der Waals surface area contributed by atoms with Crippen LogP contribution in [0.3, 0.4) is 0 Å². The smallest absolute Gasteiger partial charge is 0.153 e. The van der Waals surface area contributed by atoms with E-state index < -0.39 is 0 Å². The highest BCUT2D eigenvalue weighted by Gasteiger charge is 2.16. The molecule has 0 N–H and O–H groups in total. The molecule has 5 heteroatoms. The maximum atomic E-state index is 4.31. The maximum Gasteiger partial charge on any atom is 0.153 e. The molecule has 0 fully saturated rings. The van der Waals surface area contributed by atoms with Gasteiger partial charge in [-0.25, -0.2) is 4.98 Å². The van der Waals surface area contributed by atoms with Gasteiger partial charge in [-0.1, -0.05) is 0 Å². The molecule has 0 bridgehead atoms. The molecular formula is C12H17N5. The Morgan fingerprint density at radius 1 is 1.24 bits per heavy atom. The van der Waals surface area contributed by atoms with Gasteiger partial charge in [0.15, 0.2) is 5.82 Å². The normalized spacial score (nSPS) is 14.9. The van der Waals surface area contributed by atoms with Gasteiger partial charge in [0.25, 0.3) is 0 Å². The van der Waals surface area contributed by atoms with Crippen LogP contribution in [0.25, 0.3) is 0 Å². The molecule has 0 spiro atoms. The van der Waals surface area contributed by atoms with E-state index in [2.05, 4.69) is 31.2 Å². The number of nitrogens with zero attached hydrogens (tertiary/aromatic N) is 5. The van der Waals surface area contributed by atoms with Crippen molar-refractivity contribution in [1.82, 2.24) is 24.3 Å². The Kier molecular flexibility index (Phi) is 2.46. The van der Waals surface area contributed by atoms with Crippen molar-refractivity contribution in [2.45, 2.75) is 46.2 Å². The number of rotatable bonds is 2. The first-order valence-corrected chi connectivity index (χ1v) is 6.15. The van der Waals surface area contributed by atoms with Crippen LogP contribution in [0.2, 0.25) is 0 Å². The number of hydrogen-bond donors (Lipinski definition) is 0. The second-order valence-electron chi connectivity index (χ2n) is 4.68. The molecule has 5 nitrogen and oxygen atoms in total. The molecule has 0 unspecified atom stereocenters. The van der Waals surface area contributed by atoms with Crippen LogP contribution >= 0.6 is 0 Å². The first-order valence-electron chi connectivity index (χ1n) is 6.15. The number of hydrogen-bond acceptors (Lipinski definition) is 3. The van der Waals surface area contributed by atoms with Crippen molar-refractivity contribution < 1.29 is 0 Å². The van der Waals surface area contributed by atoms with Gasteiger partial charge in [-0.05, 0) is 26.7 Å². The van der Waals surface area contributed by atoms with Crippen LogP contribution in [0.4, 0.5) is 0 Å². The first kappa shape index (κ1) is 10.5. The molecule has 3 rings (SSSR count). The quantitative estimate of drug-likeness (QED) is 0.786. The Morgan fingerprint density at radius 2 is 2.12 bits per heavy atom. The van der Waals surface area contributed by atoms with Gasteiger partial charge in [0.2, 0.25) is 0 Å². The maximum absolute atomic E-state index is 4.31. The highest BCUT2D eigenvalue weighted by Crippen LogP contribution is 2.15. The second kappa shape index (κ2) is 3.98. The average Bonchev–Trinajstić information content (AvgIpc) is 2.89. The molecule has 0 radical (unpaired) electrons. The lowest BCUT2D eigenvalue weighted by Crippen LogP contribution is -2.15. The number of aromatic nitrogens is 5. The summed E-state index contributed by atoms with van der Waals surface area (Å²) in [7, 11) is 0. The predicted molar refractivity (Wildman–Crippen MR) is 63.8 cm³/mol.